The normalized spacial score (nSPS) is 11.9. The van der Waals surface area contributed by atoms with Gasteiger partial charge in [0, 0.05) is 17.1 Å². The lowest BCUT2D eigenvalue weighted by Gasteiger charge is -2.13. The number of rotatable bonds is 5. The summed E-state index contributed by atoms with van der Waals surface area (Å²) in [5.74, 6) is -0.494. The lowest BCUT2D eigenvalue weighted by molar-refractivity contribution is -0.385. The second kappa shape index (κ2) is 6.69. The number of hydrogen-bond acceptors (Lipinski definition) is 4. The van der Waals surface area contributed by atoms with Gasteiger partial charge in [-0.2, -0.15) is 11.3 Å². The zero-order valence-corrected chi connectivity index (χ0v) is 12.8. The molecule has 1 amide bonds. The third-order valence-electron chi connectivity index (χ3n) is 2.90. The van der Waals surface area contributed by atoms with E-state index in [1.807, 2.05) is 23.8 Å². The second-order valence-corrected chi connectivity index (χ2v) is 5.85. The van der Waals surface area contributed by atoms with E-state index in [2.05, 4.69) is 5.32 Å². The van der Waals surface area contributed by atoms with Crippen LogP contribution in [-0.2, 0) is 6.42 Å². The molecule has 1 aromatic carbocycles. The summed E-state index contributed by atoms with van der Waals surface area (Å²) >= 11 is 7.40. The number of carbonyl (C=O) groups is 1. The molecule has 0 radical (unpaired) electrons. The van der Waals surface area contributed by atoms with Crippen LogP contribution in [-0.4, -0.2) is 16.9 Å². The zero-order valence-electron chi connectivity index (χ0n) is 11.2. The molecule has 1 aromatic heterocycles. The van der Waals surface area contributed by atoms with Crippen LogP contribution in [0.1, 0.15) is 22.8 Å². The van der Waals surface area contributed by atoms with Crippen LogP contribution in [0.25, 0.3) is 0 Å². The van der Waals surface area contributed by atoms with Crippen molar-refractivity contribution in [2.24, 2.45) is 0 Å². The minimum Gasteiger partial charge on any atom is -0.349 e. The smallest absolute Gasteiger partial charge is 0.282 e. The molecular weight excluding hydrogens is 312 g/mol. The van der Waals surface area contributed by atoms with Gasteiger partial charge < -0.3 is 5.32 Å². The van der Waals surface area contributed by atoms with Crippen LogP contribution in [0.15, 0.2) is 35.0 Å². The Kier molecular flexibility index (Phi) is 4.93. The van der Waals surface area contributed by atoms with E-state index >= 15 is 0 Å². The predicted molar refractivity (Wildman–Crippen MR) is 83.1 cm³/mol. The van der Waals surface area contributed by atoms with Gasteiger partial charge in [0.1, 0.15) is 5.56 Å². The van der Waals surface area contributed by atoms with E-state index in [0.717, 1.165) is 5.56 Å². The van der Waals surface area contributed by atoms with E-state index in [0.29, 0.717) is 6.42 Å². The molecule has 7 heteroatoms. The quantitative estimate of drug-likeness (QED) is 0.673. The van der Waals surface area contributed by atoms with Crippen molar-refractivity contribution in [1.29, 1.82) is 0 Å². The molecule has 21 heavy (non-hydrogen) atoms. The number of thiophene rings is 1. The van der Waals surface area contributed by atoms with E-state index in [9.17, 15) is 14.9 Å². The first-order valence-electron chi connectivity index (χ1n) is 6.23. The predicted octanol–water partition coefficient (Wildman–Crippen LogP) is 3.67. The van der Waals surface area contributed by atoms with Crippen molar-refractivity contribution in [3.63, 3.8) is 0 Å². The molecule has 1 heterocycles. The monoisotopic (exact) mass is 324 g/mol. The van der Waals surface area contributed by atoms with Crippen LogP contribution in [0.3, 0.4) is 0 Å². The highest BCUT2D eigenvalue weighted by Crippen LogP contribution is 2.22. The van der Waals surface area contributed by atoms with Crippen molar-refractivity contribution < 1.29 is 9.72 Å². The fourth-order valence-electron chi connectivity index (χ4n) is 1.96. The standard InChI is InChI=1S/C14H13ClN2O3S/c1-9(6-10-4-5-21-8-10)16-14(18)12-7-11(15)2-3-13(12)17(19)20/h2-5,7-9H,6H2,1H3,(H,16,18). The molecule has 0 saturated heterocycles. The number of carbonyl (C=O) groups excluding carboxylic acids is 1. The summed E-state index contributed by atoms with van der Waals surface area (Å²) in [5.41, 5.74) is 0.845. The molecule has 0 fully saturated rings. The highest BCUT2D eigenvalue weighted by molar-refractivity contribution is 7.07. The highest BCUT2D eigenvalue weighted by atomic mass is 35.5. The van der Waals surface area contributed by atoms with Gasteiger partial charge in [-0.3, -0.25) is 14.9 Å². The van der Waals surface area contributed by atoms with E-state index in [1.165, 1.54) is 18.2 Å². The Morgan fingerprint density at radius 2 is 2.24 bits per heavy atom. The van der Waals surface area contributed by atoms with Crippen molar-refractivity contribution in [2.75, 3.05) is 0 Å². The first-order valence-corrected chi connectivity index (χ1v) is 7.55. The average molecular weight is 325 g/mol. The number of amides is 1. The summed E-state index contributed by atoms with van der Waals surface area (Å²) in [6.07, 6.45) is 0.670. The molecule has 110 valence electrons. The Morgan fingerprint density at radius 1 is 1.48 bits per heavy atom. The van der Waals surface area contributed by atoms with Gasteiger partial charge in [0.25, 0.3) is 11.6 Å². The minimum atomic E-state index is -0.589. The average Bonchev–Trinajstić information content (AvgIpc) is 2.90. The highest BCUT2D eigenvalue weighted by Gasteiger charge is 2.21. The Labute approximate surface area is 130 Å². The maximum absolute atomic E-state index is 12.2. The summed E-state index contributed by atoms with van der Waals surface area (Å²) in [5, 5.41) is 18.0. The van der Waals surface area contributed by atoms with Gasteiger partial charge in [-0.15, -0.1) is 0 Å². The van der Waals surface area contributed by atoms with Gasteiger partial charge in [0.2, 0.25) is 0 Å². The Morgan fingerprint density at radius 3 is 2.86 bits per heavy atom. The molecule has 5 nitrogen and oxygen atoms in total. The fourth-order valence-corrected chi connectivity index (χ4v) is 2.82. The largest absolute Gasteiger partial charge is 0.349 e. The van der Waals surface area contributed by atoms with Crippen LogP contribution in [0.2, 0.25) is 5.02 Å². The van der Waals surface area contributed by atoms with Gasteiger partial charge >= 0.3 is 0 Å². The van der Waals surface area contributed by atoms with Gasteiger partial charge in [-0.1, -0.05) is 11.6 Å². The van der Waals surface area contributed by atoms with Crippen molar-refractivity contribution in [2.45, 2.75) is 19.4 Å². The topological polar surface area (TPSA) is 72.2 Å². The fraction of sp³-hybridized carbons (Fsp3) is 0.214. The number of nitro groups is 1. The zero-order chi connectivity index (χ0) is 15.4. The van der Waals surface area contributed by atoms with Gasteiger partial charge in [0.15, 0.2) is 0 Å². The van der Waals surface area contributed by atoms with Crippen LogP contribution in [0.4, 0.5) is 5.69 Å². The first kappa shape index (κ1) is 15.5. The van der Waals surface area contributed by atoms with E-state index in [-0.39, 0.29) is 22.3 Å². The second-order valence-electron chi connectivity index (χ2n) is 4.63. The molecule has 1 atom stereocenters. The number of nitrogens with one attached hydrogen (secondary N) is 1. The summed E-state index contributed by atoms with van der Waals surface area (Å²) in [4.78, 5) is 22.6. The number of halogens is 1. The van der Waals surface area contributed by atoms with E-state index in [1.54, 1.807) is 11.3 Å². The van der Waals surface area contributed by atoms with Crippen molar-refractivity contribution in [1.82, 2.24) is 5.32 Å². The summed E-state index contributed by atoms with van der Waals surface area (Å²) < 4.78 is 0. The maximum Gasteiger partial charge on any atom is 0.282 e. The Hall–Kier alpha value is -1.92. The molecule has 0 aliphatic heterocycles. The molecule has 2 rings (SSSR count). The summed E-state index contributed by atoms with van der Waals surface area (Å²) in [7, 11) is 0. The number of hydrogen-bond donors (Lipinski definition) is 1. The van der Waals surface area contributed by atoms with Gasteiger partial charge in [-0.05, 0) is 47.9 Å². The van der Waals surface area contributed by atoms with E-state index in [4.69, 9.17) is 11.6 Å². The molecule has 0 spiro atoms. The van der Waals surface area contributed by atoms with Gasteiger partial charge in [-0.25, -0.2) is 0 Å². The minimum absolute atomic E-state index is 0.0235. The lowest BCUT2D eigenvalue weighted by Crippen LogP contribution is -2.34. The van der Waals surface area contributed by atoms with Crippen LogP contribution in [0, 0.1) is 10.1 Å². The molecule has 0 saturated carbocycles. The maximum atomic E-state index is 12.2. The van der Waals surface area contributed by atoms with Crippen molar-refractivity contribution in [3.05, 3.63) is 61.3 Å². The number of nitro benzene ring substituents is 1. The SMILES string of the molecule is CC(Cc1ccsc1)NC(=O)c1cc(Cl)ccc1[N+](=O)[O-]. The Balaban J connectivity index is 2.12. The molecule has 1 N–H and O–H groups in total. The molecule has 0 aliphatic carbocycles. The summed E-state index contributed by atoms with van der Waals surface area (Å²) in [6.45, 7) is 1.85. The Bertz CT molecular complexity index is 658. The first-order chi connectivity index (χ1) is 9.97. The van der Waals surface area contributed by atoms with Crippen molar-refractivity contribution >= 4 is 34.5 Å². The van der Waals surface area contributed by atoms with Crippen molar-refractivity contribution in [3.8, 4) is 0 Å². The third kappa shape index (κ3) is 4.03. The van der Waals surface area contributed by atoms with Crippen LogP contribution in [0.5, 0.6) is 0 Å². The van der Waals surface area contributed by atoms with Crippen LogP contribution < -0.4 is 5.32 Å². The summed E-state index contributed by atoms with van der Waals surface area (Å²) in [6, 6.07) is 5.79. The number of benzene rings is 1. The van der Waals surface area contributed by atoms with Gasteiger partial charge in [0.05, 0.1) is 4.92 Å². The van der Waals surface area contributed by atoms with Crippen LogP contribution >= 0.6 is 22.9 Å². The molecule has 2 aromatic rings. The molecule has 0 bridgehead atoms. The number of nitrogens with zero attached hydrogens (tertiary/aromatic N) is 1. The van der Waals surface area contributed by atoms with E-state index < -0.39 is 10.8 Å². The molecule has 0 aliphatic rings. The third-order valence-corrected chi connectivity index (χ3v) is 3.87. The lowest BCUT2D eigenvalue weighted by atomic mass is 10.1. The molecule has 1 unspecified atom stereocenters. The molecular formula is C14H13ClN2O3S.